The van der Waals surface area contributed by atoms with Crippen LogP contribution >= 0.6 is 0 Å². The molecule has 0 N–H and O–H groups in total. The fraction of sp³-hybridized carbons (Fsp3) is 0.435. The Kier molecular flexibility index (Phi) is 5.83. The van der Waals surface area contributed by atoms with Gasteiger partial charge >= 0.3 is 5.97 Å². The number of amides is 1. The zero-order chi connectivity index (χ0) is 21.1. The van der Waals surface area contributed by atoms with E-state index in [1.165, 1.54) is 17.7 Å². The van der Waals surface area contributed by atoms with E-state index in [-0.39, 0.29) is 24.9 Å². The van der Waals surface area contributed by atoms with Crippen LogP contribution in [0, 0.1) is 5.92 Å². The number of hydroxylamine groups is 2. The van der Waals surface area contributed by atoms with Crippen molar-refractivity contribution in [3.8, 4) is 0 Å². The third kappa shape index (κ3) is 3.70. The summed E-state index contributed by atoms with van der Waals surface area (Å²) < 4.78 is 5.01. The molecule has 1 atom stereocenters. The highest BCUT2D eigenvalue weighted by atomic mass is 16.7. The van der Waals surface area contributed by atoms with Gasteiger partial charge in [-0.3, -0.25) is 24.3 Å². The summed E-state index contributed by atoms with van der Waals surface area (Å²) in [5.41, 5.74) is 1.55. The van der Waals surface area contributed by atoms with E-state index in [0.717, 1.165) is 30.5 Å². The molecule has 2 aliphatic rings. The number of pyridine rings is 1. The number of likely N-dealkylation sites (tertiary alicyclic amines) is 1. The van der Waals surface area contributed by atoms with E-state index < -0.39 is 11.5 Å². The Bertz CT molecular complexity index is 952. The number of rotatable bonds is 6. The first kappa shape index (κ1) is 20.5. The average Bonchev–Trinajstić information content (AvgIpc) is 3.04. The molecular formula is C23H27N3O4. The first-order valence-corrected chi connectivity index (χ1v) is 10.3. The van der Waals surface area contributed by atoms with Gasteiger partial charge in [-0.2, -0.15) is 0 Å². The highest BCUT2D eigenvalue weighted by molar-refractivity contribution is 5.88. The van der Waals surface area contributed by atoms with Crippen LogP contribution < -0.4 is 0 Å². The van der Waals surface area contributed by atoms with Gasteiger partial charge in [0, 0.05) is 37.6 Å². The van der Waals surface area contributed by atoms with E-state index in [9.17, 15) is 9.59 Å². The van der Waals surface area contributed by atoms with Crippen molar-refractivity contribution in [3.05, 3.63) is 54.7 Å². The molecule has 1 spiro atoms. The first-order chi connectivity index (χ1) is 14.6. The number of carbonyl (C=O) groups is 2. The third-order valence-corrected chi connectivity index (χ3v) is 6.26. The van der Waals surface area contributed by atoms with Crippen molar-refractivity contribution < 1.29 is 19.2 Å². The number of fused-ring (bicyclic) bond motifs is 1. The van der Waals surface area contributed by atoms with Gasteiger partial charge in [0.1, 0.15) is 0 Å². The highest BCUT2D eigenvalue weighted by Crippen LogP contribution is 2.44. The van der Waals surface area contributed by atoms with Crippen molar-refractivity contribution in [1.29, 1.82) is 0 Å². The van der Waals surface area contributed by atoms with Gasteiger partial charge in [0.25, 0.3) is 0 Å². The normalized spacial score (nSPS) is 21.3. The van der Waals surface area contributed by atoms with E-state index in [1.54, 1.807) is 12.3 Å². The monoisotopic (exact) mass is 409 g/mol. The molecule has 1 aromatic carbocycles. The number of esters is 1. The lowest BCUT2D eigenvalue weighted by molar-refractivity contribution is -0.218. The minimum atomic E-state index is -0.656. The zero-order valence-corrected chi connectivity index (χ0v) is 17.3. The summed E-state index contributed by atoms with van der Waals surface area (Å²) in [7, 11) is 1.37. The number of benzene rings is 1. The topological polar surface area (TPSA) is 72.0 Å². The fourth-order valence-electron chi connectivity index (χ4n) is 4.74. The SMILES string of the molecule is C=CCON1C(=O)CC(C(=O)OC)C12CCN(Cc1ccc3ncccc3c1)CC2. The number of hydrogen-bond acceptors (Lipinski definition) is 6. The van der Waals surface area contributed by atoms with Crippen LogP contribution in [0.4, 0.5) is 0 Å². The van der Waals surface area contributed by atoms with Gasteiger partial charge in [0.05, 0.1) is 30.7 Å². The standard InChI is InChI=1S/C23H27N3O4/c1-3-13-30-26-21(27)15-19(22(28)29-2)23(26)8-11-25(12-9-23)16-17-6-7-20-18(14-17)5-4-10-24-20/h3-7,10,14,19H,1,8-9,11-13,15-16H2,2H3. The quantitative estimate of drug-likeness (QED) is 0.540. The molecular weight excluding hydrogens is 382 g/mol. The van der Waals surface area contributed by atoms with Crippen LogP contribution in [0.3, 0.4) is 0 Å². The number of carbonyl (C=O) groups excluding carboxylic acids is 2. The lowest BCUT2D eigenvalue weighted by atomic mass is 9.77. The maximum atomic E-state index is 12.6. The second kappa shape index (κ2) is 8.53. The molecule has 0 aliphatic carbocycles. The molecule has 4 rings (SSSR count). The third-order valence-electron chi connectivity index (χ3n) is 6.26. The Balaban J connectivity index is 1.49. The van der Waals surface area contributed by atoms with Crippen LogP contribution in [-0.2, 0) is 25.7 Å². The smallest absolute Gasteiger partial charge is 0.311 e. The molecule has 0 bridgehead atoms. The largest absolute Gasteiger partial charge is 0.469 e. The second-order valence-electron chi connectivity index (χ2n) is 7.96. The number of aromatic nitrogens is 1. The van der Waals surface area contributed by atoms with Crippen LogP contribution in [0.25, 0.3) is 10.9 Å². The lowest BCUT2D eigenvalue weighted by Gasteiger charge is -2.45. The summed E-state index contributed by atoms with van der Waals surface area (Å²) in [6.45, 7) is 6.23. The minimum Gasteiger partial charge on any atom is -0.469 e. The fourth-order valence-corrected chi connectivity index (χ4v) is 4.74. The molecule has 2 fully saturated rings. The van der Waals surface area contributed by atoms with Gasteiger partial charge in [0.2, 0.25) is 5.91 Å². The van der Waals surface area contributed by atoms with Gasteiger partial charge < -0.3 is 4.74 Å². The summed E-state index contributed by atoms with van der Waals surface area (Å²) in [4.78, 5) is 37.5. The summed E-state index contributed by atoms with van der Waals surface area (Å²) in [6.07, 6.45) is 4.85. The predicted octanol–water partition coefficient (Wildman–Crippen LogP) is 2.71. The summed E-state index contributed by atoms with van der Waals surface area (Å²) in [6, 6.07) is 10.3. The molecule has 1 amide bonds. The molecule has 30 heavy (non-hydrogen) atoms. The van der Waals surface area contributed by atoms with Gasteiger partial charge in [0.15, 0.2) is 0 Å². The van der Waals surface area contributed by atoms with Crippen molar-refractivity contribution in [3.63, 3.8) is 0 Å². The molecule has 0 radical (unpaired) electrons. The van der Waals surface area contributed by atoms with Gasteiger partial charge in [-0.05, 0) is 36.6 Å². The van der Waals surface area contributed by atoms with Crippen molar-refractivity contribution in [2.24, 2.45) is 5.92 Å². The molecule has 3 heterocycles. The average molecular weight is 409 g/mol. The minimum absolute atomic E-state index is 0.126. The summed E-state index contributed by atoms with van der Waals surface area (Å²) >= 11 is 0. The number of piperidine rings is 1. The summed E-state index contributed by atoms with van der Waals surface area (Å²) in [5, 5.41) is 2.56. The Morgan fingerprint density at radius 3 is 2.87 bits per heavy atom. The second-order valence-corrected chi connectivity index (χ2v) is 7.96. The van der Waals surface area contributed by atoms with Crippen LogP contribution in [0.1, 0.15) is 24.8 Å². The van der Waals surface area contributed by atoms with E-state index >= 15 is 0 Å². The van der Waals surface area contributed by atoms with Crippen LogP contribution in [0.5, 0.6) is 0 Å². The van der Waals surface area contributed by atoms with Crippen LogP contribution in [0.2, 0.25) is 0 Å². The molecule has 1 aromatic heterocycles. The van der Waals surface area contributed by atoms with Crippen molar-refractivity contribution in [2.45, 2.75) is 31.3 Å². The Morgan fingerprint density at radius 1 is 1.33 bits per heavy atom. The molecule has 0 saturated carbocycles. The number of ether oxygens (including phenoxy) is 1. The zero-order valence-electron chi connectivity index (χ0n) is 17.3. The molecule has 7 nitrogen and oxygen atoms in total. The van der Waals surface area contributed by atoms with Crippen LogP contribution in [0.15, 0.2) is 49.2 Å². The highest BCUT2D eigenvalue weighted by Gasteiger charge is 2.58. The maximum Gasteiger partial charge on any atom is 0.311 e. The molecule has 1 unspecified atom stereocenters. The molecule has 2 saturated heterocycles. The van der Waals surface area contributed by atoms with E-state index in [2.05, 4.69) is 34.7 Å². The summed E-state index contributed by atoms with van der Waals surface area (Å²) in [5.74, 6) is -1.01. The van der Waals surface area contributed by atoms with Crippen molar-refractivity contribution >= 4 is 22.8 Å². The van der Waals surface area contributed by atoms with Gasteiger partial charge in [-0.25, -0.2) is 5.06 Å². The lowest BCUT2D eigenvalue weighted by Crippen LogP contribution is -2.57. The van der Waals surface area contributed by atoms with Gasteiger partial charge in [-0.15, -0.1) is 6.58 Å². The van der Waals surface area contributed by atoms with Crippen molar-refractivity contribution in [2.75, 3.05) is 26.8 Å². The number of methoxy groups -OCH3 is 1. The van der Waals surface area contributed by atoms with E-state index in [4.69, 9.17) is 9.57 Å². The predicted molar refractivity (Wildman–Crippen MR) is 112 cm³/mol. The molecule has 2 aliphatic heterocycles. The Labute approximate surface area is 176 Å². The molecule has 7 heteroatoms. The number of hydrogen-bond donors (Lipinski definition) is 0. The van der Waals surface area contributed by atoms with Gasteiger partial charge in [-0.1, -0.05) is 18.2 Å². The number of nitrogens with zero attached hydrogens (tertiary/aromatic N) is 3. The van der Waals surface area contributed by atoms with Crippen LogP contribution in [-0.4, -0.2) is 59.2 Å². The Hall–Kier alpha value is -2.77. The first-order valence-electron chi connectivity index (χ1n) is 10.3. The van der Waals surface area contributed by atoms with Crippen molar-refractivity contribution in [1.82, 2.24) is 14.9 Å². The maximum absolute atomic E-state index is 12.6. The molecule has 2 aromatic rings. The molecule has 158 valence electrons. The Morgan fingerprint density at radius 2 is 2.13 bits per heavy atom. The van der Waals surface area contributed by atoms with E-state index in [1.807, 2.05) is 12.1 Å². The van der Waals surface area contributed by atoms with E-state index in [0.29, 0.717) is 12.8 Å².